The molecule has 0 bridgehead atoms. The number of hydrogen-bond donors (Lipinski definition) is 0. The van der Waals surface area contributed by atoms with Gasteiger partial charge < -0.3 is 4.90 Å². The molecule has 0 amide bonds. The maximum atomic E-state index is 13.4. The van der Waals surface area contributed by atoms with Crippen molar-refractivity contribution in [1.82, 2.24) is 19.8 Å². The molecule has 0 aliphatic carbocycles. The zero-order chi connectivity index (χ0) is 20.7. The summed E-state index contributed by atoms with van der Waals surface area (Å²) >= 11 is 0. The van der Waals surface area contributed by atoms with E-state index in [0.717, 1.165) is 54.6 Å². The van der Waals surface area contributed by atoms with Crippen LogP contribution in [0.15, 0.2) is 58.5 Å². The normalized spacial score (nSPS) is 15.2. The van der Waals surface area contributed by atoms with Crippen LogP contribution in [0.2, 0.25) is 0 Å². The van der Waals surface area contributed by atoms with Crippen molar-refractivity contribution in [3.05, 3.63) is 54.1 Å². The van der Waals surface area contributed by atoms with Gasteiger partial charge in [0.15, 0.2) is 5.65 Å². The molecule has 3 heterocycles. The van der Waals surface area contributed by atoms with Crippen molar-refractivity contribution in [2.75, 3.05) is 18.0 Å². The van der Waals surface area contributed by atoms with E-state index in [1.807, 2.05) is 43.3 Å². The fourth-order valence-corrected chi connectivity index (χ4v) is 5.30. The maximum absolute atomic E-state index is 13.4. The molecule has 2 aromatic carbocycles. The Hall–Kier alpha value is -3.00. The van der Waals surface area contributed by atoms with Crippen molar-refractivity contribution in [2.24, 2.45) is 0 Å². The standard InChI is InChI=1S/C22H23N5O2S/c1-2-16-10-12-17(13-11-16)30(28,29)22-21-23-20(26-14-6-3-7-15-26)18-8-4-5-9-19(18)27(21)25-24-22/h4-5,8-13H,2-3,6-7,14-15H2,1H3. The van der Waals surface area contributed by atoms with E-state index in [4.69, 9.17) is 4.98 Å². The van der Waals surface area contributed by atoms with E-state index in [2.05, 4.69) is 15.2 Å². The van der Waals surface area contributed by atoms with Gasteiger partial charge >= 0.3 is 0 Å². The highest BCUT2D eigenvalue weighted by Gasteiger charge is 2.28. The van der Waals surface area contributed by atoms with Gasteiger partial charge in [-0.25, -0.2) is 13.4 Å². The van der Waals surface area contributed by atoms with Gasteiger partial charge in [-0.05, 0) is 55.5 Å². The first kappa shape index (κ1) is 19.0. The molecule has 0 unspecified atom stereocenters. The summed E-state index contributed by atoms with van der Waals surface area (Å²) in [5.74, 6) is 0.804. The van der Waals surface area contributed by atoms with E-state index in [-0.39, 0.29) is 15.6 Å². The summed E-state index contributed by atoms with van der Waals surface area (Å²) in [6.45, 7) is 3.86. The van der Waals surface area contributed by atoms with Gasteiger partial charge in [-0.1, -0.05) is 36.4 Å². The number of fused-ring (bicyclic) bond motifs is 3. The van der Waals surface area contributed by atoms with Crippen molar-refractivity contribution in [1.29, 1.82) is 0 Å². The molecule has 1 aliphatic heterocycles. The molecule has 1 saturated heterocycles. The predicted octanol–water partition coefficient (Wildman–Crippen LogP) is 3.66. The summed E-state index contributed by atoms with van der Waals surface area (Å²) in [5.41, 5.74) is 2.16. The first-order chi connectivity index (χ1) is 14.6. The molecule has 0 N–H and O–H groups in total. The first-order valence-electron chi connectivity index (χ1n) is 10.3. The van der Waals surface area contributed by atoms with Crippen molar-refractivity contribution in [3.8, 4) is 0 Å². The molecule has 30 heavy (non-hydrogen) atoms. The lowest BCUT2D eigenvalue weighted by atomic mass is 10.1. The van der Waals surface area contributed by atoms with Crippen LogP contribution in [0, 0.1) is 0 Å². The second-order valence-corrected chi connectivity index (χ2v) is 9.50. The van der Waals surface area contributed by atoms with Crippen molar-refractivity contribution in [2.45, 2.75) is 42.5 Å². The first-order valence-corrected chi connectivity index (χ1v) is 11.8. The van der Waals surface area contributed by atoms with Gasteiger partial charge in [0.1, 0.15) is 5.82 Å². The van der Waals surface area contributed by atoms with E-state index in [1.165, 1.54) is 10.9 Å². The summed E-state index contributed by atoms with van der Waals surface area (Å²) < 4.78 is 28.3. The number of aryl methyl sites for hydroxylation is 1. The van der Waals surface area contributed by atoms with E-state index in [0.29, 0.717) is 0 Å². The third-order valence-corrected chi connectivity index (χ3v) is 7.42. The van der Waals surface area contributed by atoms with Crippen LogP contribution < -0.4 is 4.90 Å². The van der Waals surface area contributed by atoms with Crippen molar-refractivity contribution in [3.63, 3.8) is 0 Å². The summed E-state index contributed by atoms with van der Waals surface area (Å²) in [4.78, 5) is 7.24. The van der Waals surface area contributed by atoms with Crippen molar-refractivity contribution < 1.29 is 8.42 Å². The van der Waals surface area contributed by atoms with Gasteiger partial charge in [-0.15, -0.1) is 5.10 Å². The second-order valence-electron chi connectivity index (χ2n) is 7.63. The molecule has 0 atom stereocenters. The highest BCUT2D eigenvalue weighted by atomic mass is 32.2. The van der Waals surface area contributed by atoms with Gasteiger partial charge in [-0.3, -0.25) is 0 Å². The zero-order valence-electron chi connectivity index (χ0n) is 16.8. The monoisotopic (exact) mass is 421 g/mol. The van der Waals surface area contributed by atoms with Gasteiger partial charge in [0.2, 0.25) is 14.9 Å². The molecule has 0 spiro atoms. The number of sulfone groups is 1. The highest BCUT2D eigenvalue weighted by molar-refractivity contribution is 7.91. The maximum Gasteiger partial charge on any atom is 0.229 e. The van der Waals surface area contributed by atoms with E-state index >= 15 is 0 Å². The van der Waals surface area contributed by atoms with Gasteiger partial charge in [0.25, 0.3) is 0 Å². The Morgan fingerprint density at radius 2 is 1.70 bits per heavy atom. The van der Waals surface area contributed by atoms with Crippen LogP contribution in [-0.4, -0.2) is 41.3 Å². The average Bonchev–Trinajstić information content (AvgIpc) is 3.24. The SMILES string of the molecule is CCc1ccc(S(=O)(=O)c2nnn3c2nc(N2CCCCC2)c2ccccc23)cc1. The Morgan fingerprint density at radius 1 is 0.967 bits per heavy atom. The molecular weight excluding hydrogens is 398 g/mol. The smallest absolute Gasteiger partial charge is 0.229 e. The molecular formula is C22H23N5O2S. The molecule has 154 valence electrons. The van der Waals surface area contributed by atoms with Crippen LogP contribution >= 0.6 is 0 Å². The molecule has 0 radical (unpaired) electrons. The largest absolute Gasteiger partial charge is 0.356 e. The minimum Gasteiger partial charge on any atom is -0.356 e. The van der Waals surface area contributed by atoms with Crippen LogP contribution in [0.25, 0.3) is 16.6 Å². The summed E-state index contributed by atoms with van der Waals surface area (Å²) in [7, 11) is -3.84. The Morgan fingerprint density at radius 3 is 2.43 bits per heavy atom. The van der Waals surface area contributed by atoms with E-state index in [1.54, 1.807) is 12.1 Å². The molecule has 0 saturated carbocycles. The average molecular weight is 422 g/mol. The number of anilines is 1. The third kappa shape index (κ3) is 3.02. The lowest BCUT2D eigenvalue weighted by molar-refractivity contribution is 0.575. The van der Waals surface area contributed by atoms with Crippen LogP contribution in [0.3, 0.4) is 0 Å². The van der Waals surface area contributed by atoms with Crippen LogP contribution in [0.5, 0.6) is 0 Å². The molecule has 8 heteroatoms. The Bertz CT molecular complexity index is 1320. The molecule has 2 aromatic heterocycles. The van der Waals surface area contributed by atoms with Crippen LogP contribution in [0.1, 0.15) is 31.7 Å². The number of nitrogens with zero attached hydrogens (tertiary/aromatic N) is 5. The number of para-hydroxylation sites is 1. The zero-order valence-corrected chi connectivity index (χ0v) is 17.6. The van der Waals surface area contributed by atoms with Gasteiger partial charge in [0.05, 0.1) is 10.4 Å². The quantitative estimate of drug-likeness (QED) is 0.500. The Kier molecular flexibility index (Phi) is 4.66. The molecule has 4 aromatic rings. The Balaban J connectivity index is 1.73. The number of aromatic nitrogens is 4. The lowest BCUT2D eigenvalue weighted by Crippen LogP contribution is -2.30. The van der Waals surface area contributed by atoms with Gasteiger partial charge in [0, 0.05) is 18.5 Å². The molecule has 1 fully saturated rings. The minimum absolute atomic E-state index is 0.101. The van der Waals surface area contributed by atoms with Gasteiger partial charge in [-0.2, -0.15) is 4.52 Å². The van der Waals surface area contributed by atoms with E-state index < -0.39 is 9.84 Å². The second kappa shape index (κ2) is 7.36. The fraction of sp³-hybridized carbons (Fsp3) is 0.318. The topological polar surface area (TPSA) is 80.5 Å². The molecule has 5 rings (SSSR count). The lowest BCUT2D eigenvalue weighted by Gasteiger charge is -2.28. The minimum atomic E-state index is -3.84. The summed E-state index contributed by atoms with van der Waals surface area (Å²) in [6.07, 6.45) is 4.27. The summed E-state index contributed by atoms with van der Waals surface area (Å²) in [5, 5.41) is 9.08. The molecule has 1 aliphatic rings. The van der Waals surface area contributed by atoms with Crippen molar-refractivity contribution >= 4 is 32.2 Å². The fourth-order valence-electron chi connectivity index (χ4n) is 4.07. The van der Waals surface area contributed by atoms with Crippen LogP contribution in [-0.2, 0) is 16.3 Å². The van der Waals surface area contributed by atoms with Crippen LogP contribution in [0.4, 0.5) is 5.82 Å². The number of piperidine rings is 1. The summed E-state index contributed by atoms with van der Waals surface area (Å²) in [6, 6.07) is 14.7. The number of hydrogen-bond acceptors (Lipinski definition) is 6. The number of benzene rings is 2. The van der Waals surface area contributed by atoms with E-state index in [9.17, 15) is 8.42 Å². The Labute approximate surface area is 175 Å². The predicted molar refractivity (Wildman–Crippen MR) is 116 cm³/mol. The molecule has 7 nitrogen and oxygen atoms in total. The third-order valence-electron chi connectivity index (χ3n) is 5.75. The number of rotatable bonds is 4. The highest BCUT2D eigenvalue weighted by Crippen LogP contribution is 2.31.